The van der Waals surface area contributed by atoms with Crippen LogP contribution in [0, 0.1) is 6.92 Å². The van der Waals surface area contributed by atoms with Gasteiger partial charge in [0.15, 0.2) is 5.65 Å². The molecule has 1 unspecified atom stereocenters. The number of fused-ring (bicyclic) bond motifs is 1. The molecule has 1 amide bonds. The lowest BCUT2D eigenvalue weighted by Gasteiger charge is -2.29. The van der Waals surface area contributed by atoms with E-state index in [-0.39, 0.29) is 13.2 Å². The van der Waals surface area contributed by atoms with Crippen molar-refractivity contribution >= 4 is 16.9 Å². The third-order valence-corrected chi connectivity index (χ3v) is 3.91. The summed E-state index contributed by atoms with van der Waals surface area (Å²) in [6.45, 7) is 0.786. The Morgan fingerprint density at radius 1 is 1.46 bits per heavy atom. The van der Waals surface area contributed by atoms with Crippen LogP contribution in [0.3, 0.4) is 0 Å². The average Bonchev–Trinajstić information content (AvgIpc) is 3.14. The number of ether oxygens (including phenoxy) is 1. The second kappa shape index (κ2) is 6.39. The molecule has 1 atom stereocenters. The van der Waals surface area contributed by atoms with Crippen LogP contribution in [0.15, 0.2) is 18.5 Å². The van der Waals surface area contributed by atoms with E-state index in [0.717, 1.165) is 15.8 Å². The number of alkyl halides is 3. The van der Waals surface area contributed by atoms with Gasteiger partial charge in [-0.25, -0.2) is 9.67 Å². The van der Waals surface area contributed by atoms with Gasteiger partial charge in [0, 0.05) is 18.2 Å². The van der Waals surface area contributed by atoms with Gasteiger partial charge in [0.25, 0.3) is 0 Å². The van der Waals surface area contributed by atoms with Gasteiger partial charge in [-0.05, 0) is 25.0 Å². The number of amides is 1. The number of aromatic nitrogens is 3. The Kier molecular flexibility index (Phi) is 4.44. The number of nitrogens with zero attached hydrogens (tertiary/aromatic N) is 4. The highest BCUT2D eigenvalue weighted by atomic mass is 19.4. The molecule has 0 bridgehead atoms. The Morgan fingerprint density at radius 3 is 2.92 bits per heavy atom. The summed E-state index contributed by atoms with van der Waals surface area (Å²) in [4.78, 5) is 17.5. The van der Waals surface area contributed by atoms with E-state index in [1.165, 1.54) is 4.68 Å². The second-order valence-corrected chi connectivity index (χ2v) is 5.88. The first-order valence-corrected chi connectivity index (χ1v) is 7.55. The minimum absolute atomic E-state index is 0.124. The molecule has 24 heavy (non-hydrogen) atoms. The van der Waals surface area contributed by atoms with E-state index in [4.69, 9.17) is 4.74 Å². The topological polar surface area (TPSA) is 60.2 Å². The van der Waals surface area contributed by atoms with Crippen molar-refractivity contribution in [3.05, 3.63) is 24.0 Å². The maximum Gasteiger partial charge on any atom is 0.406 e. The van der Waals surface area contributed by atoms with Crippen molar-refractivity contribution in [2.45, 2.75) is 32.1 Å². The van der Waals surface area contributed by atoms with Gasteiger partial charge in [-0.15, -0.1) is 0 Å². The molecular weight excluding hydrogens is 325 g/mol. The lowest BCUT2D eigenvalue weighted by Crippen LogP contribution is -2.47. The summed E-state index contributed by atoms with van der Waals surface area (Å²) in [5.41, 5.74) is 1.42. The molecule has 6 nitrogen and oxygen atoms in total. The molecule has 2 aromatic rings. The lowest BCUT2D eigenvalue weighted by atomic mass is 10.2. The molecule has 3 rings (SSSR count). The van der Waals surface area contributed by atoms with E-state index in [9.17, 15) is 18.0 Å². The van der Waals surface area contributed by atoms with Gasteiger partial charge >= 0.3 is 6.18 Å². The smallest absolute Gasteiger partial charge is 0.379 e. The molecule has 0 aliphatic carbocycles. The minimum atomic E-state index is -4.46. The molecule has 3 heterocycles. The van der Waals surface area contributed by atoms with E-state index in [0.29, 0.717) is 18.7 Å². The molecule has 1 aliphatic heterocycles. The number of carbonyl (C=O) groups is 1. The SMILES string of the molecule is Cc1cnc2c(cnn2CC(=O)N(CC(F)(F)F)C2CCOC2)c1. The number of halogens is 3. The molecule has 0 spiro atoms. The van der Waals surface area contributed by atoms with Crippen LogP contribution in [0.1, 0.15) is 12.0 Å². The summed E-state index contributed by atoms with van der Waals surface area (Å²) in [5.74, 6) is -0.643. The van der Waals surface area contributed by atoms with Crippen LogP contribution in [-0.4, -0.2) is 57.5 Å². The number of hydrogen-bond donors (Lipinski definition) is 0. The van der Waals surface area contributed by atoms with Crippen molar-refractivity contribution < 1.29 is 22.7 Å². The summed E-state index contributed by atoms with van der Waals surface area (Å²) in [7, 11) is 0. The average molecular weight is 342 g/mol. The molecule has 1 saturated heterocycles. The van der Waals surface area contributed by atoms with Crippen molar-refractivity contribution in [2.24, 2.45) is 0 Å². The second-order valence-electron chi connectivity index (χ2n) is 5.88. The Balaban J connectivity index is 1.81. The van der Waals surface area contributed by atoms with Crippen LogP contribution in [0.25, 0.3) is 11.0 Å². The molecule has 0 saturated carbocycles. The zero-order chi connectivity index (χ0) is 17.3. The third kappa shape index (κ3) is 3.66. The van der Waals surface area contributed by atoms with Crippen molar-refractivity contribution in [1.29, 1.82) is 0 Å². The van der Waals surface area contributed by atoms with Gasteiger partial charge in [0.1, 0.15) is 13.1 Å². The number of rotatable bonds is 4. The van der Waals surface area contributed by atoms with E-state index >= 15 is 0 Å². The van der Waals surface area contributed by atoms with E-state index in [1.54, 1.807) is 12.4 Å². The molecule has 1 fully saturated rings. The molecule has 130 valence electrons. The van der Waals surface area contributed by atoms with Crippen molar-refractivity contribution in [1.82, 2.24) is 19.7 Å². The van der Waals surface area contributed by atoms with Crippen LogP contribution in [0.5, 0.6) is 0 Å². The van der Waals surface area contributed by atoms with Crippen LogP contribution < -0.4 is 0 Å². The third-order valence-electron chi connectivity index (χ3n) is 3.91. The summed E-state index contributed by atoms with van der Waals surface area (Å²) < 4.78 is 44.9. The summed E-state index contributed by atoms with van der Waals surface area (Å²) in [5, 5.41) is 4.82. The van der Waals surface area contributed by atoms with Gasteiger partial charge in [-0.3, -0.25) is 4.79 Å². The maximum absolute atomic E-state index is 12.8. The summed E-state index contributed by atoms with van der Waals surface area (Å²) in [6, 6.07) is 1.30. The Hall–Kier alpha value is -2.16. The monoisotopic (exact) mass is 342 g/mol. The Bertz CT molecular complexity index is 738. The summed E-state index contributed by atoms with van der Waals surface area (Å²) >= 11 is 0. The van der Waals surface area contributed by atoms with Crippen molar-refractivity contribution in [3.63, 3.8) is 0 Å². The van der Waals surface area contributed by atoms with Crippen LogP contribution in [-0.2, 0) is 16.1 Å². The van der Waals surface area contributed by atoms with Gasteiger partial charge in [0.2, 0.25) is 5.91 Å². The normalized spacial score (nSPS) is 18.2. The first kappa shape index (κ1) is 16.7. The molecule has 0 aromatic carbocycles. The van der Waals surface area contributed by atoms with E-state index in [1.807, 2.05) is 13.0 Å². The Labute approximate surface area is 136 Å². The first-order chi connectivity index (χ1) is 11.3. The molecule has 0 N–H and O–H groups in total. The highest BCUT2D eigenvalue weighted by molar-refractivity contribution is 5.80. The summed E-state index contributed by atoms with van der Waals surface area (Å²) in [6.07, 6.45) is -0.877. The van der Waals surface area contributed by atoms with Crippen molar-refractivity contribution in [2.75, 3.05) is 19.8 Å². The van der Waals surface area contributed by atoms with Gasteiger partial charge in [0.05, 0.1) is 18.8 Å². The number of pyridine rings is 1. The van der Waals surface area contributed by atoms with Crippen LogP contribution >= 0.6 is 0 Å². The molecule has 2 aromatic heterocycles. The first-order valence-electron chi connectivity index (χ1n) is 7.55. The van der Waals surface area contributed by atoms with Crippen molar-refractivity contribution in [3.8, 4) is 0 Å². The fraction of sp³-hybridized carbons (Fsp3) is 0.533. The Morgan fingerprint density at radius 2 is 2.25 bits per heavy atom. The quantitative estimate of drug-likeness (QED) is 0.852. The number of hydrogen-bond acceptors (Lipinski definition) is 4. The maximum atomic E-state index is 12.8. The fourth-order valence-electron chi connectivity index (χ4n) is 2.80. The standard InChI is InChI=1S/C15H17F3N4O2/c1-10-4-11-6-20-22(14(11)19-5-10)7-13(23)21(9-15(16,17)18)12-2-3-24-8-12/h4-6,12H,2-3,7-9H2,1H3. The largest absolute Gasteiger partial charge is 0.406 e. The molecule has 0 radical (unpaired) electrons. The predicted molar refractivity (Wildman–Crippen MR) is 79.3 cm³/mol. The predicted octanol–water partition coefficient (Wildman–Crippen LogP) is 1.92. The molecule has 9 heteroatoms. The number of carbonyl (C=O) groups excluding carboxylic acids is 1. The minimum Gasteiger partial charge on any atom is -0.379 e. The van der Waals surface area contributed by atoms with Gasteiger partial charge in [-0.1, -0.05) is 0 Å². The zero-order valence-electron chi connectivity index (χ0n) is 13.1. The van der Waals surface area contributed by atoms with Crippen LogP contribution in [0.4, 0.5) is 13.2 Å². The van der Waals surface area contributed by atoms with Gasteiger partial charge in [-0.2, -0.15) is 18.3 Å². The van der Waals surface area contributed by atoms with E-state index < -0.39 is 24.7 Å². The zero-order valence-corrected chi connectivity index (χ0v) is 13.1. The molecular formula is C15H17F3N4O2. The lowest BCUT2D eigenvalue weighted by molar-refractivity contribution is -0.166. The highest BCUT2D eigenvalue weighted by Gasteiger charge is 2.37. The fourth-order valence-corrected chi connectivity index (χ4v) is 2.80. The molecule has 1 aliphatic rings. The number of aryl methyl sites for hydroxylation is 1. The van der Waals surface area contributed by atoms with Crippen LogP contribution in [0.2, 0.25) is 0 Å². The highest BCUT2D eigenvalue weighted by Crippen LogP contribution is 2.22. The van der Waals surface area contributed by atoms with Gasteiger partial charge < -0.3 is 9.64 Å². The van der Waals surface area contributed by atoms with E-state index in [2.05, 4.69) is 10.1 Å².